The maximum atomic E-state index is 11.8. The zero-order chi connectivity index (χ0) is 13.1. The van der Waals surface area contributed by atoms with Gasteiger partial charge < -0.3 is 5.73 Å². The Kier molecular flexibility index (Phi) is 3.91. The molecule has 1 unspecified atom stereocenters. The van der Waals surface area contributed by atoms with Crippen LogP contribution in [0.1, 0.15) is 18.9 Å². The molecule has 1 atom stereocenters. The minimum atomic E-state index is -3.73. The topological polar surface area (TPSA) is 109 Å². The molecule has 0 aliphatic heterocycles. The molecule has 17 heavy (non-hydrogen) atoms. The van der Waals surface area contributed by atoms with Gasteiger partial charge in [0, 0.05) is 0 Å². The largest absolute Gasteiger partial charge is 0.397 e. The fraction of sp³-hybridized carbons (Fsp3) is 0.400. The molecule has 6 nitrogen and oxygen atoms in total. The number of rotatable bonds is 4. The first-order valence-corrected chi connectivity index (χ1v) is 6.58. The second-order valence-electron chi connectivity index (χ2n) is 3.61. The first-order valence-electron chi connectivity index (χ1n) is 5.04. The van der Waals surface area contributed by atoms with Crippen molar-refractivity contribution in [3.8, 4) is 6.07 Å². The molecule has 0 saturated heterocycles. The summed E-state index contributed by atoms with van der Waals surface area (Å²) in [5.41, 5.74) is 6.58. The average Bonchev–Trinajstić information content (AvgIpc) is 2.23. The van der Waals surface area contributed by atoms with Crippen molar-refractivity contribution in [2.75, 3.05) is 10.5 Å². The zero-order valence-corrected chi connectivity index (χ0v) is 10.5. The lowest BCUT2D eigenvalue weighted by atomic mass is 10.3. The van der Waals surface area contributed by atoms with E-state index in [4.69, 9.17) is 11.0 Å². The maximum Gasteiger partial charge on any atom is 0.250 e. The fourth-order valence-corrected chi connectivity index (χ4v) is 2.49. The van der Waals surface area contributed by atoms with E-state index < -0.39 is 15.3 Å². The molecular formula is C10H14N4O2S. The number of hydrogen-bond donors (Lipinski definition) is 2. The number of hydrogen-bond acceptors (Lipinski definition) is 5. The average molecular weight is 254 g/mol. The van der Waals surface area contributed by atoms with E-state index in [0.29, 0.717) is 11.3 Å². The summed E-state index contributed by atoms with van der Waals surface area (Å²) in [5, 5.41) is 7.66. The van der Waals surface area contributed by atoms with Gasteiger partial charge in [0.15, 0.2) is 5.25 Å². The lowest BCUT2D eigenvalue weighted by Crippen LogP contribution is -2.26. The molecule has 0 saturated carbocycles. The number of sulfonamides is 1. The van der Waals surface area contributed by atoms with Crippen molar-refractivity contribution in [2.45, 2.75) is 25.5 Å². The third kappa shape index (κ3) is 3.07. The van der Waals surface area contributed by atoms with Crippen molar-refractivity contribution in [2.24, 2.45) is 0 Å². The third-order valence-electron chi connectivity index (χ3n) is 2.23. The quantitative estimate of drug-likeness (QED) is 0.833. The van der Waals surface area contributed by atoms with Gasteiger partial charge in [0.2, 0.25) is 10.0 Å². The van der Waals surface area contributed by atoms with Crippen LogP contribution >= 0.6 is 0 Å². The number of anilines is 2. The van der Waals surface area contributed by atoms with E-state index in [2.05, 4.69) is 9.71 Å². The van der Waals surface area contributed by atoms with Crippen LogP contribution in [0.5, 0.6) is 0 Å². The standard InChI is InChI=1S/C10H14N4O2S/c1-3-9(5-11)17(15,16)14-10-7(2)4-8(12)6-13-10/h4,6,9H,3,12H2,1-2H3,(H,13,14). The molecule has 0 aliphatic rings. The molecule has 0 spiro atoms. The summed E-state index contributed by atoms with van der Waals surface area (Å²) in [6.45, 7) is 3.32. The Morgan fingerprint density at radius 1 is 1.65 bits per heavy atom. The molecule has 1 aromatic heterocycles. The Morgan fingerprint density at radius 3 is 2.76 bits per heavy atom. The fourth-order valence-electron chi connectivity index (χ4n) is 1.29. The van der Waals surface area contributed by atoms with Gasteiger partial charge in [-0.2, -0.15) is 5.26 Å². The first kappa shape index (κ1) is 13.3. The summed E-state index contributed by atoms with van der Waals surface area (Å²) in [6, 6.07) is 3.35. The Morgan fingerprint density at radius 2 is 2.29 bits per heavy atom. The number of nitrogens with two attached hydrogens (primary N) is 1. The molecule has 1 aromatic rings. The van der Waals surface area contributed by atoms with Crippen molar-refractivity contribution < 1.29 is 8.42 Å². The minimum Gasteiger partial charge on any atom is -0.397 e. The molecule has 0 aliphatic carbocycles. The third-order valence-corrected chi connectivity index (χ3v) is 3.89. The molecule has 0 bridgehead atoms. The molecule has 7 heteroatoms. The van der Waals surface area contributed by atoms with Crippen LogP contribution in [0.15, 0.2) is 12.3 Å². The molecule has 92 valence electrons. The summed E-state index contributed by atoms with van der Waals surface area (Å²) < 4.78 is 25.9. The van der Waals surface area contributed by atoms with E-state index in [1.54, 1.807) is 26.0 Å². The zero-order valence-electron chi connectivity index (χ0n) is 9.64. The van der Waals surface area contributed by atoms with E-state index in [0.717, 1.165) is 0 Å². The van der Waals surface area contributed by atoms with Gasteiger partial charge in [0.05, 0.1) is 18.0 Å². The molecule has 0 aromatic carbocycles. The smallest absolute Gasteiger partial charge is 0.250 e. The Labute approximate surface area is 101 Å². The van der Waals surface area contributed by atoms with Gasteiger partial charge in [0.25, 0.3) is 0 Å². The number of nitriles is 1. The van der Waals surface area contributed by atoms with E-state index in [1.165, 1.54) is 6.20 Å². The predicted octanol–water partition coefficient (Wildman–Crippen LogP) is 1.02. The van der Waals surface area contributed by atoms with Gasteiger partial charge in [-0.25, -0.2) is 13.4 Å². The van der Waals surface area contributed by atoms with Gasteiger partial charge in [-0.3, -0.25) is 4.72 Å². The highest BCUT2D eigenvalue weighted by Gasteiger charge is 2.24. The van der Waals surface area contributed by atoms with E-state index in [-0.39, 0.29) is 12.2 Å². The summed E-state index contributed by atoms with van der Waals surface area (Å²) in [6.07, 6.45) is 1.58. The second kappa shape index (κ2) is 5.01. The summed E-state index contributed by atoms with van der Waals surface area (Å²) in [5.74, 6) is 0.202. The van der Waals surface area contributed by atoms with Crippen LogP contribution in [0.2, 0.25) is 0 Å². The van der Waals surface area contributed by atoms with Crippen LogP contribution in [0, 0.1) is 18.3 Å². The Hall–Kier alpha value is -1.81. The van der Waals surface area contributed by atoms with Gasteiger partial charge in [-0.1, -0.05) is 6.92 Å². The Balaban J connectivity index is 3.03. The number of aromatic nitrogens is 1. The number of nitrogens with one attached hydrogen (secondary N) is 1. The van der Waals surface area contributed by atoms with Gasteiger partial charge in [-0.05, 0) is 25.0 Å². The van der Waals surface area contributed by atoms with Gasteiger partial charge in [-0.15, -0.1) is 0 Å². The maximum absolute atomic E-state index is 11.8. The highest BCUT2D eigenvalue weighted by atomic mass is 32.2. The van der Waals surface area contributed by atoms with Crippen LogP contribution in [-0.4, -0.2) is 18.7 Å². The molecule has 0 radical (unpaired) electrons. The molecule has 1 heterocycles. The first-order chi connectivity index (χ1) is 7.90. The van der Waals surface area contributed by atoms with Gasteiger partial charge in [0.1, 0.15) is 5.82 Å². The Bertz CT molecular complexity index is 548. The number of aryl methyl sites for hydroxylation is 1. The predicted molar refractivity (Wildman–Crippen MR) is 65.6 cm³/mol. The molecule has 1 rings (SSSR count). The van der Waals surface area contributed by atoms with Crippen molar-refractivity contribution in [1.29, 1.82) is 5.26 Å². The van der Waals surface area contributed by atoms with Gasteiger partial charge >= 0.3 is 0 Å². The van der Waals surface area contributed by atoms with Crippen LogP contribution in [0.3, 0.4) is 0 Å². The van der Waals surface area contributed by atoms with Crippen LogP contribution < -0.4 is 10.5 Å². The summed E-state index contributed by atoms with van der Waals surface area (Å²) in [4.78, 5) is 3.89. The molecule has 0 amide bonds. The minimum absolute atomic E-state index is 0.202. The van der Waals surface area contributed by atoms with Crippen molar-refractivity contribution in [3.63, 3.8) is 0 Å². The molecule has 0 fully saturated rings. The lowest BCUT2D eigenvalue weighted by molar-refractivity contribution is 0.592. The van der Waals surface area contributed by atoms with E-state index in [1.807, 2.05) is 0 Å². The van der Waals surface area contributed by atoms with Crippen LogP contribution in [0.4, 0.5) is 11.5 Å². The number of nitrogens with zero attached hydrogens (tertiary/aromatic N) is 2. The lowest BCUT2D eigenvalue weighted by Gasteiger charge is -2.12. The van der Waals surface area contributed by atoms with Crippen molar-refractivity contribution in [3.05, 3.63) is 17.8 Å². The number of pyridine rings is 1. The highest BCUT2D eigenvalue weighted by molar-refractivity contribution is 7.93. The van der Waals surface area contributed by atoms with E-state index >= 15 is 0 Å². The van der Waals surface area contributed by atoms with Crippen LogP contribution in [-0.2, 0) is 10.0 Å². The van der Waals surface area contributed by atoms with Crippen LogP contribution in [0.25, 0.3) is 0 Å². The van der Waals surface area contributed by atoms with Crippen molar-refractivity contribution in [1.82, 2.24) is 4.98 Å². The highest BCUT2D eigenvalue weighted by Crippen LogP contribution is 2.17. The number of nitrogen functional groups attached to an aromatic ring is 1. The molecule has 3 N–H and O–H groups in total. The normalized spacial score (nSPS) is 12.8. The summed E-state index contributed by atoms with van der Waals surface area (Å²) >= 11 is 0. The second-order valence-corrected chi connectivity index (χ2v) is 5.47. The SMILES string of the molecule is CCC(C#N)S(=O)(=O)Nc1ncc(N)cc1C. The molecular weight excluding hydrogens is 240 g/mol. The summed E-state index contributed by atoms with van der Waals surface area (Å²) in [7, 11) is -3.73. The monoisotopic (exact) mass is 254 g/mol. The van der Waals surface area contributed by atoms with Crippen molar-refractivity contribution >= 4 is 21.5 Å². The van der Waals surface area contributed by atoms with E-state index in [9.17, 15) is 8.42 Å².